The molecule has 7 heteroatoms. The molecule has 0 aromatic heterocycles. The summed E-state index contributed by atoms with van der Waals surface area (Å²) in [6.45, 7) is 5.46. The van der Waals surface area contributed by atoms with Crippen LogP contribution in [0.4, 0.5) is 11.4 Å². The predicted octanol–water partition coefficient (Wildman–Crippen LogP) is 0.748. The van der Waals surface area contributed by atoms with Crippen LogP contribution in [-0.4, -0.2) is 60.2 Å². The van der Waals surface area contributed by atoms with E-state index in [0.29, 0.717) is 31.9 Å². The van der Waals surface area contributed by atoms with Crippen molar-refractivity contribution in [1.82, 2.24) is 9.80 Å². The van der Waals surface area contributed by atoms with Gasteiger partial charge in [-0.05, 0) is 18.2 Å². The highest BCUT2D eigenvalue weighted by Gasteiger charge is 2.21. The zero-order chi connectivity index (χ0) is 16.8. The van der Waals surface area contributed by atoms with Crippen molar-refractivity contribution in [1.29, 1.82) is 0 Å². The van der Waals surface area contributed by atoms with Gasteiger partial charge in [-0.15, -0.1) is 0 Å². The molecule has 124 valence electrons. The van der Waals surface area contributed by atoms with Gasteiger partial charge in [0.15, 0.2) is 0 Å². The zero-order valence-electron chi connectivity index (χ0n) is 13.5. The van der Waals surface area contributed by atoms with Crippen molar-refractivity contribution < 1.29 is 14.4 Å². The van der Waals surface area contributed by atoms with Crippen molar-refractivity contribution in [3.63, 3.8) is 0 Å². The molecule has 0 unspecified atom stereocenters. The maximum absolute atomic E-state index is 12.2. The largest absolute Gasteiger partial charge is 0.376 e. The van der Waals surface area contributed by atoms with Crippen molar-refractivity contribution in [2.45, 2.75) is 13.8 Å². The van der Waals surface area contributed by atoms with Crippen LogP contribution in [0.25, 0.3) is 0 Å². The summed E-state index contributed by atoms with van der Waals surface area (Å²) in [4.78, 5) is 38.0. The standard InChI is InChI=1S/C16H22N4O3/c1-12(21)18-15-5-3-4-14(10-15)17-11-16(23)20-8-6-19(7-9-20)13(2)22/h3-5,10,17H,6-9,11H2,1-2H3,(H,18,21). The number of hydrogen-bond donors (Lipinski definition) is 2. The van der Waals surface area contributed by atoms with E-state index in [1.54, 1.807) is 28.9 Å². The molecule has 1 heterocycles. The molecule has 1 aromatic rings. The minimum Gasteiger partial charge on any atom is -0.376 e. The third-order valence-corrected chi connectivity index (χ3v) is 3.70. The number of benzene rings is 1. The van der Waals surface area contributed by atoms with Gasteiger partial charge in [0.05, 0.1) is 6.54 Å². The van der Waals surface area contributed by atoms with E-state index in [1.807, 2.05) is 12.1 Å². The van der Waals surface area contributed by atoms with E-state index in [0.717, 1.165) is 5.69 Å². The fourth-order valence-corrected chi connectivity index (χ4v) is 2.47. The van der Waals surface area contributed by atoms with E-state index in [1.165, 1.54) is 6.92 Å². The third-order valence-electron chi connectivity index (χ3n) is 3.70. The van der Waals surface area contributed by atoms with Gasteiger partial charge in [-0.1, -0.05) is 6.07 Å². The van der Waals surface area contributed by atoms with E-state index in [-0.39, 0.29) is 24.3 Å². The highest BCUT2D eigenvalue weighted by molar-refractivity contribution is 5.89. The molecule has 0 bridgehead atoms. The summed E-state index contributed by atoms with van der Waals surface area (Å²) >= 11 is 0. The van der Waals surface area contributed by atoms with Gasteiger partial charge in [0.1, 0.15) is 0 Å². The molecule has 23 heavy (non-hydrogen) atoms. The van der Waals surface area contributed by atoms with Gasteiger partial charge >= 0.3 is 0 Å². The number of amides is 3. The van der Waals surface area contributed by atoms with E-state index in [4.69, 9.17) is 0 Å². The third kappa shape index (κ3) is 4.98. The first kappa shape index (κ1) is 16.8. The van der Waals surface area contributed by atoms with Crippen LogP contribution in [0.3, 0.4) is 0 Å². The monoisotopic (exact) mass is 318 g/mol. The highest BCUT2D eigenvalue weighted by atomic mass is 16.2. The Bertz CT molecular complexity index is 595. The van der Waals surface area contributed by atoms with Crippen LogP contribution in [0.1, 0.15) is 13.8 Å². The second-order valence-corrected chi connectivity index (χ2v) is 5.50. The molecule has 2 rings (SSSR count). The average Bonchev–Trinajstić information content (AvgIpc) is 2.52. The van der Waals surface area contributed by atoms with Crippen molar-refractivity contribution in [3.8, 4) is 0 Å². The van der Waals surface area contributed by atoms with E-state index < -0.39 is 0 Å². The normalized spacial score (nSPS) is 14.3. The molecular formula is C16H22N4O3. The van der Waals surface area contributed by atoms with Crippen LogP contribution < -0.4 is 10.6 Å². The predicted molar refractivity (Wildman–Crippen MR) is 88.1 cm³/mol. The first-order valence-corrected chi connectivity index (χ1v) is 7.60. The molecule has 0 atom stereocenters. The van der Waals surface area contributed by atoms with Gasteiger partial charge in [-0.3, -0.25) is 14.4 Å². The number of carbonyl (C=O) groups is 3. The molecule has 0 spiro atoms. The summed E-state index contributed by atoms with van der Waals surface area (Å²) < 4.78 is 0. The van der Waals surface area contributed by atoms with Gasteiger partial charge in [0.25, 0.3) is 0 Å². The quantitative estimate of drug-likeness (QED) is 0.858. The van der Waals surface area contributed by atoms with Crippen LogP contribution in [-0.2, 0) is 14.4 Å². The molecule has 1 aromatic carbocycles. The first-order valence-electron chi connectivity index (χ1n) is 7.60. The van der Waals surface area contributed by atoms with Gasteiger partial charge < -0.3 is 20.4 Å². The summed E-state index contributed by atoms with van der Waals surface area (Å²) in [6.07, 6.45) is 0. The van der Waals surface area contributed by atoms with E-state index >= 15 is 0 Å². The molecule has 3 amide bonds. The summed E-state index contributed by atoms with van der Waals surface area (Å²) in [7, 11) is 0. The molecule has 2 N–H and O–H groups in total. The number of nitrogens with zero attached hydrogens (tertiary/aromatic N) is 2. The summed E-state index contributed by atoms with van der Waals surface area (Å²) in [6, 6.07) is 7.22. The molecule has 1 fully saturated rings. The van der Waals surface area contributed by atoms with Gasteiger partial charge in [-0.2, -0.15) is 0 Å². The minimum atomic E-state index is -0.137. The lowest BCUT2D eigenvalue weighted by atomic mass is 10.2. The lowest BCUT2D eigenvalue weighted by Crippen LogP contribution is -2.51. The van der Waals surface area contributed by atoms with E-state index in [2.05, 4.69) is 10.6 Å². The Morgan fingerprint density at radius 3 is 2.22 bits per heavy atom. The Morgan fingerprint density at radius 1 is 1.00 bits per heavy atom. The number of piperazine rings is 1. The minimum absolute atomic E-state index is 0.00173. The average molecular weight is 318 g/mol. The SMILES string of the molecule is CC(=O)Nc1cccc(NCC(=O)N2CCN(C(C)=O)CC2)c1. The lowest BCUT2D eigenvalue weighted by molar-refractivity contribution is -0.137. The Morgan fingerprint density at radius 2 is 1.61 bits per heavy atom. The van der Waals surface area contributed by atoms with Crippen molar-refractivity contribution in [3.05, 3.63) is 24.3 Å². The number of rotatable bonds is 4. The van der Waals surface area contributed by atoms with Crippen LogP contribution in [0.5, 0.6) is 0 Å². The second kappa shape index (κ2) is 7.62. The van der Waals surface area contributed by atoms with Crippen molar-refractivity contribution >= 4 is 29.1 Å². The maximum Gasteiger partial charge on any atom is 0.241 e. The van der Waals surface area contributed by atoms with Crippen LogP contribution in [0.15, 0.2) is 24.3 Å². The molecule has 1 saturated heterocycles. The van der Waals surface area contributed by atoms with Gasteiger partial charge in [-0.25, -0.2) is 0 Å². The zero-order valence-corrected chi connectivity index (χ0v) is 13.5. The molecule has 0 saturated carbocycles. The highest BCUT2D eigenvalue weighted by Crippen LogP contribution is 2.15. The number of hydrogen-bond acceptors (Lipinski definition) is 4. The topological polar surface area (TPSA) is 81.8 Å². The molecular weight excluding hydrogens is 296 g/mol. The lowest BCUT2D eigenvalue weighted by Gasteiger charge is -2.34. The summed E-state index contributed by atoms with van der Waals surface area (Å²) in [5, 5.41) is 5.77. The molecule has 1 aliphatic rings. The Balaban J connectivity index is 1.83. The fourth-order valence-electron chi connectivity index (χ4n) is 2.47. The second-order valence-electron chi connectivity index (χ2n) is 5.50. The Hall–Kier alpha value is -2.57. The summed E-state index contributed by atoms with van der Waals surface area (Å²) in [5.74, 6) is -0.0929. The molecule has 1 aliphatic heterocycles. The Labute approximate surface area is 135 Å². The van der Waals surface area contributed by atoms with Gasteiger partial charge in [0, 0.05) is 51.4 Å². The molecule has 7 nitrogen and oxygen atoms in total. The maximum atomic E-state index is 12.2. The number of nitrogens with one attached hydrogen (secondary N) is 2. The molecule has 0 aliphatic carbocycles. The Kier molecular flexibility index (Phi) is 5.56. The first-order chi connectivity index (χ1) is 11.0. The van der Waals surface area contributed by atoms with Crippen LogP contribution >= 0.6 is 0 Å². The van der Waals surface area contributed by atoms with Crippen molar-refractivity contribution in [2.24, 2.45) is 0 Å². The fraction of sp³-hybridized carbons (Fsp3) is 0.438. The van der Waals surface area contributed by atoms with Crippen LogP contribution in [0.2, 0.25) is 0 Å². The van der Waals surface area contributed by atoms with Crippen molar-refractivity contribution in [2.75, 3.05) is 43.4 Å². The van der Waals surface area contributed by atoms with E-state index in [9.17, 15) is 14.4 Å². The summed E-state index contributed by atoms with van der Waals surface area (Å²) in [5.41, 5.74) is 1.46. The number of carbonyl (C=O) groups excluding carboxylic acids is 3. The smallest absolute Gasteiger partial charge is 0.241 e. The molecule has 0 radical (unpaired) electrons. The van der Waals surface area contributed by atoms with Crippen LogP contribution in [0, 0.1) is 0 Å². The van der Waals surface area contributed by atoms with Gasteiger partial charge in [0.2, 0.25) is 17.7 Å². The number of anilines is 2.